The Morgan fingerprint density at radius 1 is 1.26 bits per heavy atom. The molecule has 0 N–H and O–H groups in total. The van der Waals surface area contributed by atoms with Crippen LogP contribution < -0.4 is 4.74 Å². The summed E-state index contributed by atoms with van der Waals surface area (Å²) in [5, 5.41) is 2.69. The van der Waals surface area contributed by atoms with E-state index in [1.54, 1.807) is 7.11 Å². The van der Waals surface area contributed by atoms with Gasteiger partial charge in [0.2, 0.25) is 0 Å². The summed E-state index contributed by atoms with van der Waals surface area (Å²) >= 11 is 6.99. The third-order valence-corrected chi connectivity index (χ3v) is 4.25. The van der Waals surface area contributed by atoms with Crippen molar-refractivity contribution in [3.8, 4) is 5.75 Å². The van der Waals surface area contributed by atoms with Gasteiger partial charge in [-0.15, -0.1) is 0 Å². The Morgan fingerprint density at radius 2 is 2.05 bits per heavy atom. The highest BCUT2D eigenvalue weighted by molar-refractivity contribution is 9.10. The van der Waals surface area contributed by atoms with E-state index in [1.165, 1.54) is 0 Å². The van der Waals surface area contributed by atoms with Gasteiger partial charge in [0.15, 0.2) is 0 Å². The van der Waals surface area contributed by atoms with Crippen molar-refractivity contribution in [2.75, 3.05) is 7.11 Å². The van der Waals surface area contributed by atoms with Gasteiger partial charge in [0.05, 0.1) is 7.11 Å². The molecule has 0 bridgehead atoms. The maximum Gasteiger partial charge on any atom is 0.293 e. The van der Waals surface area contributed by atoms with Crippen molar-refractivity contribution in [3.05, 3.63) is 39.9 Å². The maximum atomic E-state index is 10.5. The van der Waals surface area contributed by atoms with Crippen LogP contribution in [0.1, 0.15) is 11.1 Å². The molecule has 3 nitrogen and oxygen atoms in total. The van der Waals surface area contributed by atoms with Gasteiger partial charge in [-0.3, -0.25) is 4.79 Å². The molecule has 0 amide bonds. The summed E-state index contributed by atoms with van der Waals surface area (Å²) in [6, 6.07) is 7.89. The third kappa shape index (κ3) is 2.77. The predicted octanol–water partition coefficient (Wildman–Crippen LogP) is 4.18. The van der Waals surface area contributed by atoms with E-state index in [1.807, 2.05) is 24.3 Å². The number of methoxy groups -OCH3 is 1. The smallest absolute Gasteiger partial charge is 0.293 e. The molecule has 2 aromatic carbocycles. The second kappa shape index (κ2) is 6.39. The molecule has 0 saturated carbocycles. The summed E-state index contributed by atoms with van der Waals surface area (Å²) in [6.45, 7) is 0.690. The lowest BCUT2D eigenvalue weighted by molar-refractivity contribution is -0.129. The molecule has 2 rings (SSSR count). The van der Waals surface area contributed by atoms with Crippen LogP contribution in [-0.4, -0.2) is 13.6 Å². The van der Waals surface area contributed by atoms with Gasteiger partial charge in [0.1, 0.15) is 12.4 Å². The van der Waals surface area contributed by atoms with Crippen LogP contribution in [0.5, 0.6) is 5.75 Å². The topological polar surface area (TPSA) is 35.5 Å². The van der Waals surface area contributed by atoms with Gasteiger partial charge in [-0.2, -0.15) is 0 Å². The Labute approximate surface area is 128 Å². The summed E-state index contributed by atoms with van der Waals surface area (Å²) in [4.78, 5) is 10.5. The first-order valence-corrected chi connectivity index (χ1v) is 7.52. The van der Waals surface area contributed by atoms with Gasteiger partial charge in [0, 0.05) is 20.8 Å². The maximum absolute atomic E-state index is 10.5. The van der Waals surface area contributed by atoms with Crippen LogP contribution in [0.4, 0.5) is 0 Å². The third-order valence-electron chi connectivity index (χ3n) is 2.95. The first-order valence-electron chi connectivity index (χ1n) is 5.61. The molecule has 100 valence electrons. The van der Waals surface area contributed by atoms with Crippen molar-refractivity contribution in [2.45, 2.75) is 11.9 Å². The lowest BCUT2D eigenvalue weighted by Gasteiger charge is -2.14. The largest absolute Gasteiger partial charge is 0.496 e. The monoisotopic (exact) mass is 386 g/mol. The summed E-state index contributed by atoms with van der Waals surface area (Å²) in [6.07, 6.45) is 0. The predicted molar refractivity (Wildman–Crippen MR) is 81.7 cm³/mol. The van der Waals surface area contributed by atoms with Gasteiger partial charge in [-0.05, 0) is 23.1 Å². The number of hydrogen-bond acceptors (Lipinski definition) is 3. The van der Waals surface area contributed by atoms with Crippen LogP contribution in [-0.2, 0) is 21.5 Å². The lowest BCUT2D eigenvalue weighted by Crippen LogP contribution is -1.99. The minimum atomic E-state index is 0.231. The molecule has 0 aromatic heterocycles. The fourth-order valence-electron chi connectivity index (χ4n) is 2.07. The summed E-state index contributed by atoms with van der Waals surface area (Å²) in [5.41, 5.74) is 2.03. The zero-order valence-electron chi connectivity index (χ0n) is 10.3. The second-order valence-electron chi connectivity index (χ2n) is 3.92. The molecule has 0 aliphatic rings. The standard InChI is InChI=1S/C14H12Br2O3/c1-18-13-5-4-12(16)10-3-2-9(6-15)11(14(10)13)7-19-8-17/h2-5,8H,6-7H2,1H3. The number of hydrogen-bond donors (Lipinski definition) is 0. The van der Waals surface area contributed by atoms with Crippen LogP contribution in [0.25, 0.3) is 10.8 Å². The van der Waals surface area contributed by atoms with Crippen molar-refractivity contribution in [3.63, 3.8) is 0 Å². The molecule has 0 aliphatic carbocycles. The minimum Gasteiger partial charge on any atom is -0.496 e. The molecule has 0 heterocycles. The molecule has 0 aliphatic heterocycles. The van der Waals surface area contributed by atoms with Crippen LogP contribution >= 0.6 is 31.9 Å². The number of alkyl halides is 1. The van der Waals surface area contributed by atoms with E-state index >= 15 is 0 Å². The van der Waals surface area contributed by atoms with E-state index in [0.29, 0.717) is 11.8 Å². The number of rotatable bonds is 5. The fourth-order valence-corrected chi connectivity index (χ4v) is 3.06. The van der Waals surface area contributed by atoms with Crippen LogP contribution in [0.15, 0.2) is 28.7 Å². The van der Waals surface area contributed by atoms with Crippen molar-refractivity contribution in [1.29, 1.82) is 0 Å². The Bertz CT molecular complexity index is 611. The van der Waals surface area contributed by atoms with Crippen LogP contribution in [0.2, 0.25) is 0 Å². The molecule has 0 atom stereocenters. The van der Waals surface area contributed by atoms with E-state index in [0.717, 1.165) is 32.1 Å². The van der Waals surface area contributed by atoms with E-state index < -0.39 is 0 Å². The molecule has 0 fully saturated rings. The molecule has 5 heteroatoms. The van der Waals surface area contributed by atoms with Gasteiger partial charge < -0.3 is 9.47 Å². The van der Waals surface area contributed by atoms with E-state index in [9.17, 15) is 4.79 Å². The van der Waals surface area contributed by atoms with Crippen molar-refractivity contribution in [2.24, 2.45) is 0 Å². The molecule has 0 saturated heterocycles. The van der Waals surface area contributed by atoms with Gasteiger partial charge in [0.25, 0.3) is 6.47 Å². The quantitative estimate of drug-likeness (QED) is 0.570. The minimum absolute atomic E-state index is 0.231. The Kier molecular flexibility index (Phi) is 4.82. The number of fused-ring (bicyclic) bond motifs is 1. The van der Waals surface area contributed by atoms with Crippen molar-refractivity contribution in [1.82, 2.24) is 0 Å². The molecular formula is C14H12Br2O3. The van der Waals surface area contributed by atoms with E-state index in [4.69, 9.17) is 9.47 Å². The summed E-state index contributed by atoms with van der Waals surface area (Å²) in [7, 11) is 1.63. The number of halogens is 2. The van der Waals surface area contributed by atoms with Gasteiger partial charge in [-0.25, -0.2) is 0 Å². The molecule has 2 aromatic rings. The molecule has 19 heavy (non-hydrogen) atoms. The first kappa shape index (κ1) is 14.3. The van der Waals surface area contributed by atoms with Gasteiger partial charge in [-0.1, -0.05) is 44.0 Å². The lowest BCUT2D eigenvalue weighted by atomic mass is 9.99. The zero-order valence-corrected chi connectivity index (χ0v) is 13.5. The van der Waals surface area contributed by atoms with Gasteiger partial charge >= 0.3 is 0 Å². The van der Waals surface area contributed by atoms with Crippen LogP contribution in [0.3, 0.4) is 0 Å². The van der Waals surface area contributed by atoms with Crippen LogP contribution in [0, 0.1) is 0 Å². The Hall–Kier alpha value is -1.07. The Morgan fingerprint density at radius 3 is 2.68 bits per heavy atom. The average Bonchev–Trinajstić information content (AvgIpc) is 2.45. The Balaban J connectivity index is 2.77. The number of benzene rings is 2. The molecular weight excluding hydrogens is 376 g/mol. The SMILES string of the molecule is COc1ccc(Br)c2ccc(CBr)c(COC=O)c12. The van der Waals surface area contributed by atoms with Crippen molar-refractivity contribution >= 4 is 49.1 Å². The number of carbonyl (C=O) groups is 1. The van der Waals surface area contributed by atoms with E-state index in [-0.39, 0.29) is 6.61 Å². The van der Waals surface area contributed by atoms with E-state index in [2.05, 4.69) is 31.9 Å². The highest BCUT2D eigenvalue weighted by atomic mass is 79.9. The number of ether oxygens (including phenoxy) is 2. The fraction of sp³-hybridized carbons (Fsp3) is 0.214. The number of carbonyl (C=O) groups excluding carboxylic acids is 1. The summed E-state index contributed by atoms with van der Waals surface area (Å²) < 4.78 is 11.3. The molecule has 0 spiro atoms. The average molecular weight is 388 g/mol. The first-order chi connectivity index (χ1) is 9.22. The molecule has 0 unspecified atom stereocenters. The summed E-state index contributed by atoms with van der Waals surface area (Å²) in [5.74, 6) is 0.769. The highest BCUT2D eigenvalue weighted by Gasteiger charge is 2.13. The highest BCUT2D eigenvalue weighted by Crippen LogP contribution is 2.36. The van der Waals surface area contributed by atoms with Crippen molar-refractivity contribution < 1.29 is 14.3 Å². The normalized spacial score (nSPS) is 10.5. The second-order valence-corrected chi connectivity index (χ2v) is 5.33. The molecule has 0 radical (unpaired) electrons. The zero-order chi connectivity index (χ0) is 13.8.